The first-order valence-corrected chi connectivity index (χ1v) is 7.88. The number of aromatic nitrogens is 2. The van der Waals surface area contributed by atoms with E-state index in [4.69, 9.17) is 4.42 Å². The lowest BCUT2D eigenvalue weighted by molar-refractivity contribution is -0.114. The van der Waals surface area contributed by atoms with Crippen molar-refractivity contribution in [3.8, 4) is 0 Å². The number of aryl methyl sites for hydroxylation is 2. The third-order valence-corrected chi connectivity index (χ3v) is 3.96. The lowest BCUT2D eigenvalue weighted by Crippen LogP contribution is -2.21. The number of benzene rings is 1. The van der Waals surface area contributed by atoms with Crippen molar-refractivity contribution in [1.29, 1.82) is 0 Å². The Balaban J connectivity index is 1.83. The minimum absolute atomic E-state index is 0.198. The number of furan rings is 1. The predicted molar refractivity (Wildman–Crippen MR) is 95.1 cm³/mol. The van der Waals surface area contributed by atoms with Crippen LogP contribution in [-0.2, 0) is 11.8 Å². The molecule has 124 valence electrons. The number of carbonyl (C=O) groups is 1. The summed E-state index contributed by atoms with van der Waals surface area (Å²) >= 11 is 0. The summed E-state index contributed by atoms with van der Waals surface area (Å²) in [4.78, 5) is 13.0. The van der Waals surface area contributed by atoms with Crippen LogP contribution in [0, 0.1) is 6.92 Å². The molecule has 0 saturated carbocycles. The quantitative estimate of drug-likeness (QED) is 0.692. The van der Waals surface area contributed by atoms with Crippen molar-refractivity contribution < 1.29 is 9.21 Å². The Bertz CT molecular complexity index is 982. The average molecular weight is 332 g/mol. The van der Waals surface area contributed by atoms with Gasteiger partial charge in [-0.15, -0.1) is 0 Å². The van der Waals surface area contributed by atoms with Gasteiger partial charge in [-0.05, 0) is 43.3 Å². The number of hydrogen-bond donors (Lipinski definition) is 0. The van der Waals surface area contributed by atoms with Gasteiger partial charge in [-0.2, -0.15) is 15.2 Å². The molecule has 0 aliphatic carbocycles. The number of nitrogens with zero attached hydrogens (tertiary/aromatic N) is 4. The second-order valence-corrected chi connectivity index (χ2v) is 5.77. The van der Waals surface area contributed by atoms with E-state index in [-0.39, 0.29) is 5.91 Å². The topological polar surface area (TPSA) is 63.6 Å². The van der Waals surface area contributed by atoms with Crippen LogP contribution in [0.1, 0.15) is 17.1 Å². The fourth-order valence-electron chi connectivity index (χ4n) is 2.80. The van der Waals surface area contributed by atoms with E-state index >= 15 is 0 Å². The van der Waals surface area contributed by atoms with E-state index in [1.807, 2.05) is 50.4 Å². The molecule has 3 heterocycles. The van der Waals surface area contributed by atoms with Gasteiger partial charge in [0.15, 0.2) is 5.76 Å². The molecule has 25 heavy (non-hydrogen) atoms. The molecule has 3 aromatic rings. The van der Waals surface area contributed by atoms with E-state index in [9.17, 15) is 4.79 Å². The van der Waals surface area contributed by atoms with Crippen molar-refractivity contribution in [2.45, 2.75) is 6.92 Å². The van der Waals surface area contributed by atoms with Gasteiger partial charge in [-0.3, -0.25) is 9.48 Å². The molecule has 0 saturated heterocycles. The van der Waals surface area contributed by atoms with Crippen molar-refractivity contribution in [2.75, 3.05) is 5.01 Å². The van der Waals surface area contributed by atoms with Crippen LogP contribution in [-0.4, -0.2) is 21.4 Å². The molecule has 6 heteroatoms. The molecule has 2 aromatic heterocycles. The Morgan fingerprint density at radius 1 is 1.12 bits per heavy atom. The predicted octanol–water partition coefficient (Wildman–Crippen LogP) is 3.16. The van der Waals surface area contributed by atoms with E-state index in [1.54, 1.807) is 29.2 Å². The van der Waals surface area contributed by atoms with Crippen molar-refractivity contribution in [3.63, 3.8) is 0 Å². The molecule has 4 rings (SSSR count). The Morgan fingerprint density at radius 3 is 2.56 bits per heavy atom. The zero-order valence-corrected chi connectivity index (χ0v) is 13.9. The fraction of sp³-hybridized carbons (Fsp3) is 0.105. The molecule has 1 aromatic carbocycles. The number of amides is 1. The van der Waals surface area contributed by atoms with Crippen LogP contribution in [0.25, 0.3) is 6.08 Å². The summed E-state index contributed by atoms with van der Waals surface area (Å²) in [6.45, 7) is 1.91. The van der Waals surface area contributed by atoms with Crippen LogP contribution < -0.4 is 5.01 Å². The van der Waals surface area contributed by atoms with E-state index in [0.717, 1.165) is 11.4 Å². The molecule has 0 radical (unpaired) electrons. The smallest absolute Gasteiger partial charge is 0.281 e. The normalized spacial score (nSPS) is 15.9. The molecule has 0 bridgehead atoms. The van der Waals surface area contributed by atoms with Gasteiger partial charge in [0.05, 0.1) is 28.9 Å². The first-order valence-electron chi connectivity index (χ1n) is 7.88. The monoisotopic (exact) mass is 332 g/mol. The molecule has 0 atom stereocenters. The van der Waals surface area contributed by atoms with Gasteiger partial charge in [0.25, 0.3) is 5.91 Å². The van der Waals surface area contributed by atoms with Crippen LogP contribution >= 0.6 is 0 Å². The van der Waals surface area contributed by atoms with E-state index < -0.39 is 0 Å². The van der Waals surface area contributed by atoms with Gasteiger partial charge in [0.2, 0.25) is 0 Å². The summed E-state index contributed by atoms with van der Waals surface area (Å²) in [5, 5.41) is 10.2. The zero-order chi connectivity index (χ0) is 17.4. The largest absolute Gasteiger partial charge is 0.463 e. The number of anilines is 1. The first kappa shape index (κ1) is 15.1. The number of hydrazone groups is 1. The van der Waals surface area contributed by atoms with Crippen LogP contribution in [0.5, 0.6) is 0 Å². The third-order valence-electron chi connectivity index (χ3n) is 3.96. The van der Waals surface area contributed by atoms with Gasteiger partial charge in [-0.1, -0.05) is 18.2 Å². The Labute approximate surface area is 144 Å². The first-order chi connectivity index (χ1) is 12.1. The van der Waals surface area contributed by atoms with Crippen LogP contribution in [0.4, 0.5) is 5.69 Å². The number of carbonyl (C=O) groups excluding carboxylic acids is 1. The summed E-state index contributed by atoms with van der Waals surface area (Å²) in [6, 6.07) is 14.8. The van der Waals surface area contributed by atoms with Crippen LogP contribution in [0.2, 0.25) is 0 Å². The Morgan fingerprint density at radius 2 is 1.92 bits per heavy atom. The van der Waals surface area contributed by atoms with Crippen molar-refractivity contribution in [3.05, 3.63) is 77.5 Å². The highest BCUT2D eigenvalue weighted by atomic mass is 16.3. The van der Waals surface area contributed by atoms with Crippen molar-refractivity contribution in [1.82, 2.24) is 9.78 Å². The average Bonchev–Trinajstić information content (AvgIpc) is 3.31. The second kappa shape index (κ2) is 5.90. The van der Waals surface area contributed by atoms with Gasteiger partial charge < -0.3 is 4.42 Å². The number of rotatable bonds is 3. The lowest BCUT2D eigenvalue weighted by Gasteiger charge is -2.10. The maximum atomic E-state index is 13.0. The fourth-order valence-corrected chi connectivity index (χ4v) is 2.80. The van der Waals surface area contributed by atoms with Gasteiger partial charge >= 0.3 is 0 Å². The molecular weight excluding hydrogens is 316 g/mol. The zero-order valence-electron chi connectivity index (χ0n) is 13.9. The molecule has 6 nitrogen and oxygen atoms in total. The number of hydrogen-bond acceptors (Lipinski definition) is 4. The summed E-state index contributed by atoms with van der Waals surface area (Å²) in [5.74, 6) is 0.355. The molecule has 1 aliphatic rings. The summed E-state index contributed by atoms with van der Waals surface area (Å²) in [5.41, 5.74) is 3.41. The highest BCUT2D eigenvalue weighted by molar-refractivity contribution is 6.36. The minimum atomic E-state index is -0.198. The van der Waals surface area contributed by atoms with Gasteiger partial charge in [0.1, 0.15) is 5.71 Å². The molecule has 0 unspecified atom stereocenters. The molecule has 1 aliphatic heterocycles. The molecule has 0 N–H and O–H groups in total. The van der Waals surface area contributed by atoms with Crippen molar-refractivity contribution in [2.24, 2.45) is 12.1 Å². The lowest BCUT2D eigenvalue weighted by atomic mass is 10.1. The summed E-state index contributed by atoms with van der Waals surface area (Å²) < 4.78 is 7.22. The van der Waals surface area contributed by atoms with Crippen LogP contribution in [0.3, 0.4) is 0 Å². The standard InChI is InChI=1S/C19H16N4O2/c1-13-11-15(22(2)20-13)12-16-18(17-9-6-10-25-17)21-23(19(16)24)14-7-4-3-5-8-14/h3-12H,1-2H3/b16-12+. The SMILES string of the molecule is Cc1cc(/C=C2/C(=O)N(c3ccccc3)N=C2c2ccco2)n(C)n1. The maximum absolute atomic E-state index is 13.0. The number of para-hydroxylation sites is 1. The minimum Gasteiger partial charge on any atom is -0.463 e. The maximum Gasteiger partial charge on any atom is 0.281 e. The second-order valence-electron chi connectivity index (χ2n) is 5.77. The summed E-state index contributed by atoms with van der Waals surface area (Å²) in [6.07, 6.45) is 3.37. The highest BCUT2D eigenvalue weighted by Crippen LogP contribution is 2.27. The molecule has 0 fully saturated rings. The van der Waals surface area contributed by atoms with E-state index in [2.05, 4.69) is 10.2 Å². The Kier molecular flexibility index (Phi) is 3.57. The van der Waals surface area contributed by atoms with E-state index in [0.29, 0.717) is 22.7 Å². The molecule has 1 amide bonds. The third kappa shape index (κ3) is 2.67. The highest BCUT2D eigenvalue weighted by Gasteiger charge is 2.33. The van der Waals surface area contributed by atoms with E-state index in [1.165, 1.54) is 5.01 Å². The van der Waals surface area contributed by atoms with Gasteiger partial charge in [0, 0.05) is 7.05 Å². The van der Waals surface area contributed by atoms with Gasteiger partial charge in [-0.25, -0.2) is 0 Å². The molecule has 0 spiro atoms. The van der Waals surface area contributed by atoms with Crippen molar-refractivity contribution >= 4 is 23.4 Å². The summed E-state index contributed by atoms with van der Waals surface area (Å²) in [7, 11) is 1.84. The van der Waals surface area contributed by atoms with Crippen LogP contribution in [0.15, 0.2) is 69.9 Å². The molecular formula is C19H16N4O2. The Hall–Kier alpha value is -3.41.